The summed E-state index contributed by atoms with van der Waals surface area (Å²) in [6, 6.07) is 5.48. The van der Waals surface area contributed by atoms with Crippen molar-refractivity contribution in [2.75, 3.05) is 18.1 Å². The third-order valence-electron chi connectivity index (χ3n) is 4.15. The Morgan fingerprint density at radius 2 is 2.14 bits per heavy atom. The van der Waals surface area contributed by atoms with Crippen molar-refractivity contribution < 1.29 is 13.2 Å². The van der Waals surface area contributed by atoms with E-state index < -0.39 is 9.84 Å². The average molecular weight is 308 g/mol. The number of hydrogen-bond acceptors (Lipinski definition) is 4. The van der Waals surface area contributed by atoms with Gasteiger partial charge >= 0.3 is 0 Å². The second kappa shape index (κ2) is 5.77. The second-order valence-corrected chi connectivity index (χ2v) is 8.07. The smallest absolute Gasteiger partial charge is 0.251 e. The van der Waals surface area contributed by atoms with E-state index in [0.29, 0.717) is 12.0 Å². The summed E-state index contributed by atoms with van der Waals surface area (Å²) in [4.78, 5) is 12.3. The van der Waals surface area contributed by atoms with Crippen molar-refractivity contribution in [3.05, 3.63) is 34.9 Å². The van der Waals surface area contributed by atoms with E-state index in [-0.39, 0.29) is 23.5 Å². The van der Waals surface area contributed by atoms with Crippen LogP contribution in [0.15, 0.2) is 18.2 Å². The fourth-order valence-electron chi connectivity index (χ4n) is 3.03. The summed E-state index contributed by atoms with van der Waals surface area (Å²) in [5.41, 5.74) is 3.05. The zero-order chi connectivity index (χ0) is 14.9. The van der Waals surface area contributed by atoms with Gasteiger partial charge in [-0.05, 0) is 49.1 Å². The molecule has 2 heterocycles. The van der Waals surface area contributed by atoms with Gasteiger partial charge in [0.2, 0.25) is 0 Å². The molecule has 0 saturated carbocycles. The molecule has 114 valence electrons. The van der Waals surface area contributed by atoms with Gasteiger partial charge in [0.1, 0.15) is 0 Å². The number of sulfone groups is 1. The van der Waals surface area contributed by atoms with E-state index in [0.717, 1.165) is 31.5 Å². The number of rotatable bonds is 2. The number of nitrogens with one attached hydrogen (secondary N) is 2. The largest absolute Gasteiger partial charge is 0.348 e. The number of hydrogen-bond donors (Lipinski definition) is 2. The van der Waals surface area contributed by atoms with E-state index in [1.807, 2.05) is 18.2 Å². The predicted octanol–water partition coefficient (Wildman–Crippen LogP) is 0.639. The van der Waals surface area contributed by atoms with Crippen molar-refractivity contribution in [3.63, 3.8) is 0 Å². The lowest BCUT2D eigenvalue weighted by molar-refractivity contribution is 0.0938. The van der Waals surface area contributed by atoms with Crippen LogP contribution in [0.3, 0.4) is 0 Å². The van der Waals surface area contributed by atoms with Crippen molar-refractivity contribution in [1.82, 2.24) is 10.6 Å². The molecular formula is C15H20N2O3S. The monoisotopic (exact) mass is 308 g/mol. The normalized spacial score (nSPS) is 24.1. The fourth-order valence-corrected chi connectivity index (χ4v) is 4.66. The van der Waals surface area contributed by atoms with Gasteiger partial charge < -0.3 is 10.6 Å². The van der Waals surface area contributed by atoms with Crippen LogP contribution in [0.2, 0.25) is 0 Å². The molecule has 1 aromatic carbocycles. The van der Waals surface area contributed by atoms with E-state index in [9.17, 15) is 13.2 Å². The van der Waals surface area contributed by atoms with Crippen LogP contribution in [0.25, 0.3) is 0 Å². The summed E-state index contributed by atoms with van der Waals surface area (Å²) in [6.45, 7) is 1.76. The van der Waals surface area contributed by atoms with Crippen LogP contribution in [0.5, 0.6) is 0 Å². The molecule has 2 N–H and O–H groups in total. The van der Waals surface area contributed by atoms with Gasteiger partial charge in [-0.25, -0.2) is 8.42 Å². The van der Waals surface area contributed by atoms with Gasteiger partial charge in [-0.15, -0.1) is 0 Å². The van der Waals surface area contributed by atoms with E-state index in [4.69, 9.17) is 0 Å². The molecule has 2 aliphatic rings. The lowest BCUT2D eigenvalue weighted by Crippen LogP contribution is -2.43. The summed E-state index contributed by atoms with van der Waals surface area (Å²) in [5, 5.41) is 6.15. The van der Waals surface area contributed by atoms with E-state index in [1.54, 1.807) is 0 Å². The van der Waals surface area contributed by atoms with Crippen LogP contribution >= 0.6 is 0 Å². The summed E-state index contributed by atoms with van der Waals surface area (Å²) >= 11 is 0. The minimum atomic E-state index is -3.00. The minimum absolute atomic E-state index is 0.0608. The van der Waals surface area contributed by atoms with Gasteiger partial charge in [-0.2, -0.15) is 0 Å². The first-order valence-electron chi connectivity index (χ1n) is 7.37. The van der Waals surface area contributed by atoms with Gasteiger partial charge in [0.25, 0.3) is 5.91 Å². The summed E-state index contributed by atoms with van der Waals surface area (Å²) in [5.74, 6) is 0.125. The Labute approximate surface area is 125 Å². The third-order valence-corrected chi connectivity index (χ3v) is 5.97. The fraction of sp³-hybridized carbons (Fsp3) is 0.533. The Kier molecular flexibility index (Phi) is 3.99. The van der Waals surface area contributed by atoms with Crippen molar-refractivity contribution >= 4 is 15.7 Å². The van der Waals surface area contributed by atoms with Crippen molar-refractivity contribution in [2.45, 2.75) is 31.8 Å². The van der Waals surface area contributed by atoms with E-state index in [1.165, 1.54) is 5.56 Å². The maximum absolute atomic E-state index is 12.3. The number of carbonyl (C=O) groups excluding carboxylic acids is 1. The molecule has 0 spiro atoms. The maximum atomic E-state index is 12.3. The van der Waals surface area contributed by atoms with Gasteiger partial charge in [-0.3, -0.25) is 4.79 Å². The minimum Gasteiger partial charge on any atom is -0.348 e. The van der Waals surface area contributed by atoms with Gasteiger partial charge in [0.15, 0.2) is 9.84 Å². The maximum Gasteiger partial charge on any atom is 0.251 e. The Morgan fingerprint density at radius 3 is 2.95 bits per heavy atom. The summed E-state index contributed by atoms with van der Waals surface area (Å²) < 4.78 is 23.2. The number of benzene rings is 1. The molecule has 1 amide bonds. The molecule has 1 fully saturated rings. The molecule has 0 radical (unpaired) electrons. The highest BCUT2D eigenvalue weighted by Crippen LogP contribution is 2.17. The molecule has 0 aromatic heterocycles. The zero-order valence-electron chi connectivity index (χ0n) is 11.9. The summed E-state index contributed by atoms with van der Waals surface area (Å²) in [7, 11) is -3.00. The third kappa shape index (κ3) is 3.44. The SMILES string of the molecule is O=C(NC1CCCS(=O)(=O)C1)c1ccc2c(c1)CNCC2. The van der Waals surface area contributed by atoms with Crippen LogP contribution < -0.4 is 10.6 Å². The van der Waals surface area contributed by atoms with Crippen LogP contribution in [0, 0.1) is 0 Å². The summed E-state index contributed by atoms with van der Waals surface area (Å²) in [6.07, 6.45) is 2.34. The van der Waals surface area contributed by atoms with Crippen molar-refractivity contribution in [2.24, 2.45) is 0 Å². The van der Waals surface area contributed by atoms with Gasteiger partial charge in [-0.1, -0.05) is 6.07 Å². The number of amides is 1. The number of fused-ring (bicyclic) bond motifs is 1. The molecule has 6 heteroatoms. The topological polar surface area (TPSA) is 75.3 Å². The molecule has 1 atom stereocenters. The first-order chi connectivity index (χ1) is 10.0. The van der Waals surface area contributed by atoms with E-state index >= 15 is 0 Å². The molecule has 1 saturated heterocycles. The molecule has 0 aliphatic carbocycles. The standard InChI is InChI=1S/C15H20N2O3S/c18-15(17-14-2-1-7-21(19,20)10-14)12-4-3-11-5-6-16-9-13(11)8-12/h3-4,8,14,16H,1-2,5-7,9-10H2,(H,17,18). The Morgan fingerprint density at radius 1 is 1.29 bits per heavy atom. The molecule has 0 bridgehead atoms. The van der Waals surface area contributed by atoms with Gasteiger partial charge in [0, 0.05) is 18.2 Å². The molecule has 1 aromatic rings. The van der Waals surface area contributed by atoms with Crippen molar-refractivity contribution in [3.8, 4) is 0 Å². The Bertz CT molecular complexity index is 655. The zero-order valence-corrected chi connectivity index (χ0v) is 12.7. The van der Waals surface area contributed by atoms with E-state index in [2.05, 4.69) is 10.6 Å². The highest BCUT2D eigenvalue weighted by Gasteiger charge is 2.26. The van der Waals surface area contributed by atoms with Gasteiger partial charge in [0.05, 0.1) is 11.5 Å². The molecule has 5 nitrogen and oxygen atoms in total. The van der Waals surface area contributed by atoms with Crippen LogP contribution in [0.4, 0.5) is 0 Å². The van der Waals surface area contributed by atoms with Crippen LogP contribution in [-0.2, 0) is 22.8 Å². The highest BCUT2D eigenvalue weighted by molar-refractivity contribution is 7.91. The second-order valence-electron chi connectivity index (χ2n) is 5.84. The number of carbonyl (C=O) groups is 1. The van der Waals surface area contributed by atoms with Crippen LogP contribution in [-0.4, -0.2) is 38.4 Å². The quantitative estimate of drug-likeness (QED) is 0.841. The molecule has 2 aliphatic heterocycles. The lowest BCUT2D eigenvalue weighted by atomic mass is 9.98. The lowest BCUT2D eigenvalue weighted by Gasteiger charge is -2.23. The van der Waals surface area contributed by atoms with Crippen molar-refractivity contribution in [1.29, 1.82) is 0 Å². The highest BCUT2D eigenvalue weighted by atomic mass is 32.2. The average Bonchev–Trinajstić information content (AvgIpc) is 2.45. The molecule has 1 unspecified atom stereocenters. The molecule has 3 rings (SSSR count). The van der Waals surface area contributed by atoms with Crippen LogP contribution in [0.1, 0.15) is 34.3 Å². The first kappa shape index (κ1) is 14.5. The molecular weight excluding hydrogens is 288 g/mol. The first-order valence-corrected chi connectivity index (χ1v) is 9.19. The Balaban J connectivity index is 1.70. The molecule has 21 heavy (non-hydrogen) atoms. The predicted molar refractivity (Wildman–Crippen MR) is 81.0 cm³/mol. The Hall–Kier alpha value is -1.40.